The van der Waals surface area contributed by atoms with Gasteiger partial charge in [-0.3, -0.25) is 19.4 Å². The standard InChI is InChI=1S/C27H24BrN3O3/c1-3-17-10-12-18(13-11-17)23-22-24(31(29-23)25(32)19-7-5-8-20(28)15-19)27(34)30(26(22)33)21-9-4-6-16(2)14-21/h4-15,22-24,29H,3H2,1-2H3/t22-,23+,24-/m1/s1. The third-order valence-corrected chi connectivity index (χ3v) is 7.03. The topological polar surface area (TPSA) is 69.7 Å². The molecule has 6 nitrogen and oxygen atoms in total. The lowest BCUT2D eigenvalue weighted by Gasteiger charge is -2.25. The van der Waals surface area contributed by atoms with E-state index >= 15 is 0 Å². The van der Waals surface area contributed by atoms with Gasteiger partial charge in [-0.2, -0.15) is 0 Å². The number of hydrogen-bond acceptors (Lipinski definition) is 4. The molecule has 2 heterocycles. The molecule has 172 valence electrons. The van der Waals surface area contributed by atoms with E-state index in [1.54, 1.807) is 24.3 Å². The molecule has 2 aliphatic heterocycles. The van der Waals surface area contributed by atoms with Crippen LogP contribution in [0.25, 0.3) is 0 Å². The first-order valence-electron chi connectivity index (χ1n) is 11.3. The van der Waals surface area contributed by atoms with Crippen molar-refractivity contribution in [3.05, 3.63) is 99.5 Å². The van der Waals surface area contributed by atoms with Crippen LogP contribution in [0.5, 0.6) is 0 Å². The first-order valence-corrected chi connectivity index (χ1v) is 12.1. The number of carbonyl (C=O) groups excluding carboxylic acids is 3. The molecule has 0 aliphatic carbocycles. The molecule has 0 bridgehead atoms. The van der Waals surface area contributed by atoms with Gasteiger partial charge in [0, 0.05) is 10.0 Å². The number of rotatable bonds is 4. The van der Waals surface area contributed by atoms with E-state index in [9.17, 15) is 14.4 Å². The minimum atomic E-state index is -0.935. The fourth-order valence-corrected chi connectivity index (χ4v) is 5.19. The van der Waals surface area contributed by atoms with E-state index in [-0.39, 0.29) is 11.8 Å². The Morgan fingerprint density at radius 3 is 2.38 bits per heavy atom. The Hall–Kier alpha value is -3.29. The smallest absolute Gasteiger partial charge is 0.268 e. The maximum absolute atomic E-state index is 13.7. The number of hydrazine groups is 1. The van der Waals surface area contributed by atoms with Crippen LogP contribution in [-0.4, -0.2) is 28.8 Å². The largest absolute Gasteiger partial charge is 0.274 e. The number of fused-ring (bicyclic) bond motifs is 1. The van der Waals surface area contributed by atoms with Crippen molar-refractivity contribution in [2.24, 2.45) is 5.92 Å². The summed E-state index contributed by atoms with van der Waals surface area (Å²) in [6.07, 6.45) is 0.899. The molecule has 5 rings (SSSR count). The number of nitrogens with zero attached hydrogens (tertiary/aromatic N) is 2. The van der Waals surface area contributed by atoms with E-state index < -0.39 is 23.9 Å². The average Bonchev–Trinajstić information content (AvgIpc) is 3.35. The number of benzene rings is 3. The monoisotopic (exact) mass is 517 g/mol. The SMILES string of the molecule is CCc1ccc([C@@H]2NN(C(=O)c3cccc(Br)c3)[C@H]3C(=O)N(c4cccc(C)c4)C(=O)[C@H]23)cc1. The van der Waals surface area contributed by atoms with E-state index in [1.165, 1.54) is 15.5 Å². The van der Waals surface area contributed by atoms with Gasteiger partial charge in [-0.15, -0.1) is 0 Å². The highest BCUT2D eigenvalue weighted by molar-refractivity contribution is 9.10. The molecule has 3 atom stereocenters. The second-order valence-corrected chi connectivity index (χ2v) is 9.62. The summed E-state index contributed by atoms with van der Waals surface area (Å²) < 4.78 is 0.760. The lowest BCUT2D eigenvalue weighted by Crippen LogP contribution is -2.48. The Bertz CT molecular complexity index is 1290. The van der Waals surface area contributed by atoms with Crippen LogP contribution in [-0.2, 0) is 16.0 Å². The average molecular weight is 518 g/mol. The molecule has 0 aromatic heterocycles. The first kappa shape index (κ1) is 22.5. The molecule has 0 spiro atoms. The predicted molar refractivity (Wildman–Crippen MR) is 133 cm³/mol. The molecule has 0 unspecified atom stereocenters. The summed E-state index contributed by atoms with van der Waals surface area (Å²) in [6, 6.07) is 20.9. The summed E-state index contributed by atoms with van der Waals surface area (Å²) in [5.74, 6) is -1.78. The van der Waals surface area contributed by atoms with Crippen LogP contribution in [0.1, 0.15) is 40.0 Å². The highest BCUT2D eigenvalue weighted by Crippen LogP contribution is 2.42. The van der Waals surface area contributed by atoms with Crippen LogP contribution in [0, 0.1) is 12.8 Å². The number of imide groups is 1. The van der Waals surface area contributed by atoms with Crippen molar-refractivity contribution in [2.45, 2.75) is 32.4 Å². The van der Waals surface area contributed by atoms with Gasteiger partial charge >= 0.3 is 0 Å². The lowest BCUT2D eigenvalue weighted by atomic mass is 9.90. The Morgan fingerprint density at radius 1 is 0.971 bits per heavy atom. The summed E-state index contributed by atoms with van der Waals surface area (Å²) in [5, 5.41) is 1.35. The first-order chi connectivity index (χ1) is 16.4. The molecule has 34 heavy (non-hydrogen) atoms. The van der Waals surface area contributed by atoms with E-state index in [4.69, 9.17) is 0 Å². The maximum Gasteiger partial charge on any atom is 0.268 e. The summed E-state index contributed by atoms with van der Waals surface area (Å²) in [7, 11) is 0. The predicted octanol–water partition coefficient (Wildman–Crippen LogP) is 4.58. The van der Waals surface area contributed by atoms with Crippen molar-refractivity contribution in [3.63, 3.8) is 0 Å². The number of aryl methyl sites for hydroxylation is 2. The van der Waals surface area contributed by atoms with Crippen molar-refractivity contribution in [3.8, 4) is 0 Å². The number of hydrogen-bond donors (Lipinski definition) is 1. The van der Waals surface area contributed by atoms with Crippen LogP contribution in [0.2, 0.25) is 0 Å². The van der Waals surface area contributed by atoms with E-state index in [0.29, 0.717) is 11.3 Å². The van der Waals surface area contributed by atoms with Gasteiger partial charge < -0.3 is 0 Å². The minimum Gasteiger partial charge on any atom is -0.274 e. The molecule has 0 saturated carbocycles. The zero-order valence-corrected chi connectivity index (χ0v) is 20.5. The molecule has 3 aromatic carbocycles. The zero-order chi connectivity index (χ0) is 24.0. The van der Waals surface area contributed by atoms with Crippen molar-refractivity contribution in [1.29, 1.82) is 0 Å². The van der Waals surface area contributed by atoms with Gasteiger partial charge in [-0.1, -0.05) is 65.3 Å². The van der Waals surface area contributed by atoms with Crippen LogP contribution < -0.4 is 10.3 Å². The number of anilines is 1. The molecular formula is C27H24BrN3O3. The zero-order valence-electron chi connectivity index (χ0n) is 18.9. The quantitative estimate of drug-likeness (QED) is 0.514. The van der Waals surface area contributed by atoms with E-state index in [1.807, 2.05) is 55.5 Å². The second kappa shape index (κ2) is 8.81. The summed E-state index contributed by atoms with van der Waals surface area (Å²) in [5.41, 5.74) is 7.15. The molecule has 1 N–H and O–H groups in total. The van der Waals surface area contributed by atoms with Gasteiger partial charge in [0.2, 0.25) is 5.91 Å². The van der Waals surface area contributed by atoms with Crippen LogP contribution >= 0.6 is 15.9 Å². The molecular weight excluding hydrogens is 494 g/mol. The second-order valence-electron chi connectivity index (χ2n) is 8.71. The van der Waals surface area contributed by atoms with Gasteiger partial charge in [0.05, 0.1) is 17.6 Å². The lowest BCUT2D eigenvalue weighted by molar-refractivity contribution is -0.123. The molecule has 0 radical (unpaired) electrons. The van der Waals surface area contributed by atoms with Crippen LogP contribution in [0.3, 0.4) is 0 Å². The fraction of sp³-hybridized carbons (Fsp3) is 0.222. The molecule has 2 fully saturated rings. The Labute approximate surface area is 206 Å². The van der Waals surface area contributed by atoms with Crippen molar-refractivity contribution >= 4 is 39.3 Å². The Kier molecular flexibility index (Phi) is 5.83. The van der Waals surface area contributed by atoms with Crippen LogP contribution in [0.15, 0.2) is 77.3 Å². The number of nitrogens with one attached hydrogen (secondary N) is 1. The van der Waals surface area contributed by atoms with Crippen LogP contribution in [0.4, 0.5) is 5.69 Å². The van der Waals surface area contributed by atoms with Crippen molar-refractivity contribution < 1.29 is 14.4 Å². The fourth-order valence-electron chi connectivity index (χ4n) is 4.79. The van der Waals surface area contributed by atoms with Gasteiger partial charge in [-0.05, 0) is 60.4 Å². The third-order valence-electron chi connectivity index (χ3n) is 6.53. The van der Waals surface area contributed by atoms with Crippen molar-refractivity contribution in [1.82, 2.24) is 10.4 Å². The Morgan fingerprint density at radius 2 is 1.71 bits per heavy atom. The summed E-state index contributed by atoms with van der Waals surface area (Å²) in [4.78, 5) is 42.1. The van der Waals surface area contributed by atoms with Gasteiger partial charge in [-0.25, -0.2) is 10.3 Å². The molecule has 2 aliphatic rings. The summed E-state index contributed by atoms with van der Waals surface area (Å²) >= 11 is 3.41. The third kappa shape index (κ3) is 3.75. The molecule has 7 heteroatoms. The number of carbonyl (C=O) groups is 3. The highest BCUT2D eigenvalue weighted by Gasteiger charge is 2.60. The molecule has 2 saturated heterocycles. The number of halogens is 1. The normalized spacial score (nSPS) is 21.8. The highest BCUT2D eigenvalue weighted by atomic mass is 79.9. The maximum atomic E-state index is 13.7. The molecule has 3 amide bonds. The molecule has 3 aromatic rings. The van der Waals surface area contributed by atoms with E-state index in [2.05, 4.69) is 28.3 Å². The Balaban J connectivity index is 1.58. The van der Waals surface area contributed by atoms with Gasteiger partial charge in [0.1, 0.15) is 6.04 Å². The van der Waals surface area contributed by atoms with Crippen molar-refractivity contribution in [2.75, 3.05) is 4.90 Å². The number of amides is 3. The summed E-state index contributed by atoms with van der Waals surface area (Å²) in [6.45, 7) is 3.99. The minimum absolute atomic E-state index is 0.304. The van der Waals surface area contributed by atoms with Gasteiger partial charge in [0.15, 0.2) is 0 Å². The van der Waals surface area contributed by atoms with Gasteiger partial charge in [0.25, 0.3) is 11.8 Å². The van der Waals surface area contributed by atoms with E-state index in [0.717, 1.165) is 22.0 Å².